The summed E-state index contributed by atoms with van der Waals surface area (Å²) in [5.41, 5.74) is -0.137. The van der Waals surface area contributed by atoms with Crippen molar-refractivity contribution in [3.63, 3.8) is 0 Å². The molecule has 3 unspecified atom stereocenters. The van der Waals surface area contributed by atoms with Crippen LogP contribution in [0.5, 0.6) is 0 Å². The van der Waals surface area contributed by atoms with Crippen LogP contribution >= 0.6 is 0 Å². The molecule has 0 amide bonds. The van der Waals surface area contributed by atoms with Gasteiger partial charge in [-0.1, -0.05) is 38.7 Å². The summed E-state index contributed by atoms with van der Waals surface area (Å²) in [7, 11) is 0. The largest absolute Gasteiger partial charge is 0.247 e. The zero-order valence-electron chi connectivity index (χ0n) is 14.7. The van der Waals surface area contributed by atoms with E-state index >= 15 is 0 Å². The Kier molecular flexibility index (Phi) is 5.56. The minimum absolute atomic E-state index is 0.0578. The Balaban J connectivity index is 1.97. The molecule has 0 bridgehead atoms. The van der Waals surface area contributed by atoms with Gasteiger partial charge < -0.3 is 0 Å². The fourth-order valence-corrected chi connectivity index (χ4v) is 5.41. The van der Waals surface area contributed by atoms with Gasteiger partial charge in [0.15, 0.2) is 0 Å². The lowest BCUT2D eigenvalue weighted by Crippen LogP contribution is -2.42. The monoisotopic (exact) mass is 338 g/mol. The quantitative estimate of drug-likeness (QED) is 0.571. The Morgan fingerprint density at radius 1 is 1.04 bits per heavy atom. The van der Waals surface area contributed by atoms with Crippen LogP contribution in [0.2, 0.25) is 0 Å². The van der Waals surface area contributed by atoms with Gasteiger partial charge in [-0.3, -0.25) is 0 Å². The van der Waals surface area contributed by atoms with E-state index in [0.717, 1.165) is 57.8 Å². The van der Waals surface area contributed by atoms with Crippen LogP contribution in [-0.2, 0) is 5.41 Å². The van der Waals surface area contributed by atoms with Crippen molar-refractivity contribution in [2.45, 2.75) is 82.7 Å². The SMILES string of the molecule is CCC(F)C1CCCC(C2(c3c(F)cccc3F)CCCCC2)C1. The lowest BCUT2D eigenvalue weighted by Gasteiger charge is -2.48. The van der Waals surface area contributed by atoms with Crippen molar-refractivity contribution in [2.24, 2.45) is 11.8 Å². The smallest absolute Gasteiger partial charge is 0.129 e. The maximum Gasteiger partial charge on any atom is 0.129 e. The molecule has 0 aromatic heterocycles. The van der Waals surface area contributed by atoms with E-state index in [-0.39, 0.29) is 11.8 Å². The van der Waals surface area contributed by atoms with E-state index in [0.29, 0.717) is 12.0 Å². The Bertz CT molecular complexity index is 528. The van der Waals surface area contributed by atoms with Gasteiger partial charge >= 0.3 is 0 Å². The van der Waals surface area contributed by atoms with E-state index in [9.17, 15) is 13.2 Å². The molecule has 2 aliphatic carbocycles. The number of rotatable bonds is 4. The Morgan fingerprint density at radius 2 is 1.71 bits per heavy atom. The third kappa shape index (κ3) is 3.23. The van der Waals surface area contributed by atoms with Crippen LogP contribution in [0.3, 0.4) is 0 Å². The molecule has 2 aliphatic rings. The van der Waals surface area contributed by atoms with Gasteiger partial charge in [0.25, 0.3) is 0 Å². The van der Waals surface area contributed by atoms with Crippen molar-refractivity contribution in [3.05, 3.63) is 35.4 Å². The van der Waals surface area contributed by atoms with Crippen molar-refractivity contribution >= 4 is 0 Å². The Morgan fingerprint density at radius 3 is 2.33 bits per heavy atom. The molecule has 0 radical (unpaired) electrons. The molecule has 24 heavy (non-hydrogen) atoms. The van der Waals surface area contributed by atoms with Crippen LogP contribution in [0, 0.1) is 23.5 Å². The first-order valence-corrected chi connectivity index (χ1v) is 9.67. The summed E-state index contributed by atoms with van der Waals surface area (Å²) in [5, 5.41) is 0. The van der Waals surface area contributed by atoms with Crippen LogP contribution < -0.4 is 0 Å². The molecule has 0 aliphatic heterocycles. The highest BCUT2D eigenvalue weighted by Gasteiger charge is 2.46. The van der Waals surface area contributed by atoms with Gasteiger partial charge in [0.05, 0.1) is 0 Å². The van der Waals surface area contributed by atoms with Gasteiger partial charge in [0.2, 0.25) is 0 Å². The number of alkyl halides is 1. The highest BCUT2D eigenvalue weighted by molar-refractivity contribution is 5.31. The first kappa shape index (κ1) is 17.8. The molecule has 0 heterocycles. The Labute approximate surface area is 143 Å². The summed E-state index contributed by atoms with van der Waals surface area (Å²) >= 11 is 0. The van der Waals surface area contributed by atoms with Gasteiger partial charge in [-0.05, 0) is 62.5 Å². The average Bonchev–Trinajstić information content (AvgIpc) is 2.62. The molecule has 1 aromatic carbocycles. The standard InChI is InChI=1S/C21H29F3/c1-2-17(22)15-8-6-9-16(14-15)21(12-4-3-5-13-21)20-18(23)10-7-11-19(20)24/h7,10-11,15-17H,2-6,8-9,12-14H2,1H3. The second kappa shape index (κ2) is 7.49. The van der Waals surface area contributed by atoms with Crippen molar-refractivity contribution in [3.8, 4) is 0 Å². The number of hydrogen-bond donors (Lipinski definition) is 0. The van der Waals surface area contributed by atoms with E-state index in [1.54, 1.807) is 0 Å². The van der Waals surface area contributed by atoms with Gasteiger partial charge in [-0.15, -0.1) is 0 Å². The maximum absolute atomic E-state index is 14.6. The third-order valence-electron chi connectivity index (χ3n) is 6.60. The van der Waals surface area contributed by atoms with Gasteiger partial charge in [0.1, 0.15) is 17.8 Å². The molecule has 3 rings (SSSR count). The highest BCUT2D eigenvalue weighted by atomic mass is 19.1. The fourth-order valence-electron chi connectivity index (χ4n) is 5.41. The summed E-state index contributed by atoms with van der Waals surface area (Å²) in [5.74, 6) is -0.562. The molecule has 0 nitrogen and oxygen atoms in total. The van der Waals surface area contributed by atoms with E-state index in [2.05, 4.69) is 0 Å². The summed E-state index contributed by atoms with van der Waals surface area (Å²) in [6.45, 7) is 1.89. The van der Waals surface area contributed by atoms with Crippen molar-refractivity contribution in [2.75, 3.05) is 0 Å². The van der Waals surface area contributed by atoms with Gasteiger partial charge in [-0.25, -0.2) is 13.2 Å². The normalized spacial score (nSPS) is 28.5. The molecule has 0 N–H and O–H groups in total. The second-order valence-electron chi connectivity index (χ2n) is 7.86. The molecular weight excluding hydrogens is 309 g/mol. The fraction of sp³-hybridized carbons (Fsp3) is 0.714. The van der Waals surface area contributed by atoms with E-state index in [4.69, 9.17) is 0 Å². The average molecular weight is 338 g/mol. The predicted molar refractivity (Wildman–Crippen MR) is 91.8 cm³/mol. The zero-order valence-corrected chi connectivity index (χ0v) is 14.7. The highest BCUT2D eigenvalue weighted by Crippen LogP contribution is 2.52. The molecule has 2 fully saturated rings. The van der Waals surface area contributed by atoms with Crippen LogP contribution in [0.4, 0.5) is 13.2 Å². The predicted octanol–water partition coefficient (Wildman–Crippen LogP) is 6.72. The maximum atomic E-state index is 14.6. The first-order chi connectivity index (χ1) is 11.6. The lowest BCUT2D eigenvalue weighted by molar-refractivity contribution is 0.0770. The minimum atomic E-state index is -0.779. The third-order valence-corrected chi connectivity index (χ3v) is 6.60. The van der Waals surface area contributed by atoms with E-state index in [1.165, 1.54) is 18.2 Å². The van der Waals surface area contributed by atoms with Crippen LogP contribution in [0.1, 0.15) is 76.7 Å². The summed E-state index contributed by atoms with van der Waals surface area (Å²) < 4.78 is 43.6. The second-order valence-corrected chi connectivity index (χ2v) is 7.86. The van der Waals surface area contributed by atoms with E-state index in [1.807, 2.05) is 6.92 Å². The van der Waals surface area contributed by atoms with Crippen LogP contribution in [-0.4, -0.2) is 6.17 Å². The van der Waals surface area contributed by atoms with Crippen molar-refractivity contribution in [1.82, 2.24) is 0 Å². The molecule has 3 heteroatoms. The van der Waals surface area contributed by atoms with Crippen molar-refractivity contribution in [1.29, 1.82) is 0 Å². The number of halogens is 3. The molecule has 0 saturated heterocycles. The molecule has 3 atom stereocenters. The molecule has 2 saturated carbocycles. The molecule has 134 valence electrons. The summed E-state index contributed by atoms with van der Waals surface area (Å²) in [6, 6.07) is 4.22. The summed E-state index contributed by atoms with van der Waals surface area (Å²) in [4.78, 5) is 0. The van der Waals surface area contributed by atoms with Gasteiger partial charge in [-0.2, -0.15) is 0 Å². The van der Waals surface area contributed by atoms with Crippen LogP contribution in [0.25, 0.3) is 0 Å². The number of benzene rings is 1. The molecule has 1 aromatic rings. The zero-order chi connectivity index (χ0) is 17.2. The van der Waals surface area contributed by atoms with E-state index < -0.39 is 23.2 Å². The number of hydrogen-bond acceptors (Lipinski definition) is 0. The minimum Gasteiger partial charge on any atom is -0.247 e. The van der Waals surface area contributed by atoms with Gasteiger partial charge in [0, 0.05) is 11.0 Å². The topological polar surface area (TPSA) is 0 Å². The van der Waals surface area contributed by atoms with Crippen molar-refractivity contribution < 1.29 is 13.2 Å². The van der Waals surface area contributed by atoms with Crippen LogP contribution in [0.15, 0.2) is 18.2 Å². The molecule has 0 spiro atoms. The molecular formula is C21H29F3. The lowest BCUT2D eigenvalue weighted by atomic mass is 9.57. The Hall–Kier alpha value is -0.990. The first-order valence-electron chi connectivity index (χ1n) is 9.67. The summed E-state index contributed by atoms with van der Waals surface area (Å²) in [6.07, 6.45) is 8.25.